The summed E-state index contributed by atoms with van der Waals surface area (Å²) >= 11 is 0. The van der Waals surface area contributed by atoms with E-state index in [9.17, 15) is 9.59 Å². The summed E-state index contributed by atoms with van der Waals surface area (Å²) < 4.78 is 5.60. The smallest absolute Gasteiger partial charge is 0.319 e. The van der Waals surface area contributed by atoms with Gasteiger partial charge in [-0.25, -0.2) is 0 Å². The average molecular weight is 289 g/mol. The van der Waals surface area contributed by atoms with Crippen LogP contribution in [0.2, 0.25) is 0 Å². The molecule has 1 saturated heterocycles. The van der Waals surface area contributed by atoms with Crippen molar-refractivity contribution in [3.8, 4) is 0 Å². The van der Waals surface area contributed by atoms with Gasteiger partial charge < -0.3 is 9.64 Å². The minimum Gasteiger partial charge on any atom is -0.456 e. The topological polar surface area (TPSA) is 46.6 Å². The fraction of sp³-hybridized carbons (Fsp3) is 0.529. The van der Waals surface area contributed by atoms with Crippen LogP contribution in [0.1, 0.15) is 39.4 Å². The Hall–Kier alpha value is -1.84. The number of hydrogen-bond acceptors (Lipinski definition) is 4. The van der Waals surface area contributed by atoms with Crippen LogP contribution in [-0.4, -0.2) is 25.8 Å². The van der Waals surface area contributed by atoms with Crippen LogP contribution < -0.4 is 4.90 Å². The van der Waals surface area contributed by atoms with Crippen LogP contribution >= 0.6 is 0 Å². The van der Waals surface area contributed by atoms with E-state index in [-0.39, 0.29) is 5.78 Å². The SMILES string of the molecule is CN(C)c1ccc(C2OC(=O)C(C)(C)C(=O)C2(C)C)cc1. The second kappa shape index (κ2) is 4.86. The second-order valence-electron chi connectivity index (χ2n) is 6.95. The molecule has 114 valence electrons. The Morgan fingerprint density at radius 3 is 2.00 bits per heavy atom. The number of benzene rings is 1. The standard InChI is InChI=1S/C17H23NO3/c1-16(2)13(21-15(20)17(3,4)14(16)19)11-7-9-12(10-8-11)18(5)6/h7-10,13H,1-6H3. The Labute approximate surface area is 126 Å². The predicted molar refractivity (Wildman–Crippen MR) is 82.2 cm³/mol. The van der Waals surface area contributed by atoms with Gasteiger partial charge in [0.1, 0.15) is 11.5 Å². The molecule has 1 heterocycles. The molecule has 1 aliphatic heterocycles. The summed E-state index contributed by atoms with van der Waals surface area (Å²) in [4.78, 5) is 26.7. The Morgan fingerprint density at radius 2 is 1.52 bits per heavy atom. The van der Waals surface area contributed by atoms with E-state index in [4.69, 9.17) is 4.74 Å². The van der Waals surface area contributed by atoms with Gasteiger partial charge in [-0.3, -0.25) is 9.59 Å². The number of rotatable bonds is 2. The predicted octanol–water partition coefficient (Wildman–Crippen LogP) is 2.97. The summed E-state index contributed by atoms with van der Waals surface area (Å²) in [5, 5.41) is 0. The molecule has 1 aromatic carbocycles. The Bertz CT molecular complexity index is 570. The van der Waals surface area contributed by atoms with Crippen LogP contribution in [0.15, 0.2) is 24.3 Å². The molecule has 1 aliphatic rings. The van der Waals surface area contributed by atoms with Gasteiger partial charge in [0.25, 0.3) is 0 Å². The Morgan fingerprint density at radius 1 is 1.00 bits per heavy atom. The first-order valence-electron chi connectivity index (χ1n) is 7.11. The van der Waals surface area contributed by atoms with Crippen molar-refractivity contribution in [3.63, 3.8) is 0 Å². The summed E-state index contributed by atoms with van der Waals surface area (Å²) in [5.41, 5.74) is 0.0915. The van der Waals surface area contributed by atoms with Crippen molar-refractivity contribution in [2.75, 3.05) is 19.0 Å². The highest BCUT2D eigenvalue weighted by atomic mass is 16.5. The van der Waals surface area contributed by atoms with Crippen LogP contribution in [0.5, 0.6) is 0 Å². The summed E-state index contributed by atoms with van der Waals surface area (Å²) in [6.07, 6.45) is -0.540. The van der Waals surface area contributed by atoms with Gasteiger partial charge in [-0.05, 0) is 45.4 Å². The van der Waals surface area contributed by atoms with E-state index >= 15 is 0 Å². The number of carbonyl (C=O) groups excluding carboxylic acids is 2. The molecule has 0 aliphatic carbocycles. The average Bonchev–Trinajstić information content (AvgIpc) is 2.42. The van der Waals surface area contributed by atoms with Crippen LogP contribution in [0.25, 0.3) is 0 Å². The molecule has 0 saturated carbocycles. The van der Waals surface area contributed by atoms with Crippen molar-refractivity contribution in [2.24, 2.45) is 10.8 Å². The lowest BCUT2D eigenvalue weighted by Crippen LogP contribution is -2.52. The number of cyclic esters (lactones) is 1. The highest BCUT2D eigenvalue weighted by Crippen LogP contribution is 2.47. The minimum atomic E-state index is -1.08. The van der Waals surface area contributed by atoms with Crippen molar-refractivity contribution in [2.45, 2.75) is 33.8 Å². The maximum absolute atomic E-state index is 12.6. The molecule has 1 fully saturated rings. The molecule has 4 heteroatoms. The van der Waals surface area contributed by atoms with Crippen molar-refractivity contribution in [1.29, 1.82) is 0 Å². The van der Waals surface area contributed by atoms with Gasteiger partial charge in [0, 0.05) is 19.8 Å². The molecule has 4 nitrogen and oxygen atoms in total. The molecule has 0 radical (unpaired) electrons. The summed E-state index contributed by atoms with van der Waals surface area (Å²) in [7, 11) is 3.93. The molecule has 1 aromatic rings. The van der Waals surface area contributed by atoms with E-state index in [2.05, 4.69) is 0 Å². The number of hydrogen-bond donors (Lipinski definition) is 0. The van der Waals surface area contributed by atoms with Gasteiger partial charge in [0.15, 0.2) is 5.78 Å². The summed E-state index contributed by atoms with van der Waals surface area (Å²) in [6.45, 7) is 6.94. The zero-order valence-corrected chi connectivity index (χ0v) is 13.6. The van der Waals surface area contributed by atoms with Crippen molar-refractivity contribution >= 4 is 17.4 Å². The van der Waals surface area contributed by atoms with Crippen LogP contribution in [0.3, 0.4) is 0 Å². The highest BCUT2D eigenvalue weighted by molar-refractivity contribution is 6.07. The number of ether oxygens (including phenoxy) is 1. The Kier molecular flexibility index (Phi) is 3.60. The van der Waals surface area contributed by atoms with Crippen molar-refractivity contribution < 1.29 is 14.3 Å². The van der Waals surface area contributed by atoms with E-state index in [1.165, 1.54) is 0 Å². The monoisotopic (exact) mass is 289 g/mol. The van der Waals surface area contributed by atoms with E-state index in [1.807, 2.05) is 57.1 Å². The molecule has 1 unspecified atom stereocenters. The molecule has 0 amide bonds. The number of ketones is 1. The fourth-order valence-electron chi connectivity index (χ4n) is 2.85. The summed E-state index contributed by atoms with van der Waals surface area (Å²) in [6, 6.07) is 7.76. The molecular weight excluding hydrogens is 266 g/mol. The van der Waals surface area contributed by atoms with Crippen molar-refractivity contribution in [1.82, 2.24) is 0 Å². The highest BCUT2D eigenvalue weighted by Gasteiger charge is 2.55. The first kappa shape index (κ1) is 15.5. The van der Waals surface area contributed by atoms with Crippen LogP contribution in [-0.2, 0) is 14.3 Å². The van der Waals surface area contributed by atoms with Gasteiger partial charge in [0.2, 0.25) is 0 Å². The number of esters is 1. The number of Topliss-reactive ketones (excluding diaryl/α,β-unsaturated/α-hetero) is 1. The van der Waals surface area contributed by atoms with Gasteiger partial charge in [-0.1, -0.05) is 12.1 Å². The molecule has 0 spiro atoms. The second-order valence-corrected chi connectivity index (χ2v) is 6.95. The largest absolute Gasteiger partial charge is 0.456 e. The minimum absolute atomic E-state index is 0.0760. The van der Waals surface area contributed by atoms with Gasteiger partial charge in [-0.15, -0.1) is 0 Å². The van der Waals surface area contributed by atoms with E-state index in [0.29, 0.717) is 0 Å². The third-order valence-corrected chi connectivity index (χ3v) is 4.26. The maximum Gasteiger partial charge on any atom is 0.319 e. The zero-order valence-electron chi connectivity index (χ0n) is 13.6. The first-order chi connectivity index (χ1) is 9.58. The molecule has 1 atom stereocenters. The quantitative estimate of drug-likeness (QED) is 0.620. The van der Waals surface area contributed by atoms with E-state index in [0.717, 1.165) is 11.3 Å². The lowest BCUT2D eigenvalue weighted by molar-refractivity contribution is -0.186. The van der Waals surface area contributed by atoms with Crippen molar-refractivity contribution in [3.05, 3.63) is 29.8 Å². The number of nitrogens with zero attached hydrogens (tertiary/aromatic N) is 1. The molecule has 0 N–H and O–H groups in total. The van der Waals surface area contributed by atoms with E-state index < -0.39 is 22.9 Å². The third-order valence-electron chi connectivity index (χ3n) is 4.26. The normalized spacial score (nSPS) is 23.6. The summed E-state index contributed by atoms with van der Waals surface area (Å²) in [5.74, 6) is -0.526. The molecular formula is C17H23NO3. The van der Waals surface area contributed by atoms with E-state index in [1.54, 1.807) is 13.8 Å². The zero-order chi connectivity index (χ0) is 16.0. The van der Waals surface area contributed by atoms with Gasteiger partial charge in [-0.2, -0.15) is 0 Å². The fourth-order valence-corrected chi connectivity index (χ4v) is 2.85. The third kappa shape index (κ3) is 2.43. The van der Waals surface area contributed by atoms with Gasteiger partial charge in [0.05, 0.1) is 5.41 Å². The maximum atomic E-state index is 12.6. The lowest BCUT2D eigenvalue weighted by atomic mass is 9.67. The number of carbonyl (C=O) groups is 2. The molecule has 2 rings (SSSR count). The van der Waals surface area contributed by atoms with Crippen LogP contribution in [0.4, 0.5) is 5.69 Å². The molecule has 21 heavy (non-hydrogen) atoms. The molecule has 0 bridgehead atoms. The Balaban J connectivity index is 2.39. The lowest BCUT2D eigenvalue weighted by Gasteiger charge is -2.43. The first-order valence-corrected chi connectivity index (χ1v) is 7.11. The van der Waals surface area contributed by atoms with Gasteiger partial charge >= 0.3 is 5.97 Å². The van der Waals surface area contributed by atoms with Crippen LogP contribution in [0, 0.1) is 10.8 Å². The number of anilines is 1. The molecule has 0 aromatic heterocycles.